The number of rotatable bonds is 7. The molecule has 1 aliphatic carbocycles. The fraction of sp³-hybridized carbons (Fsp3) is 0.750. The molecule has 0 aromatic heterocycles. The summed E-state index contributed by atoms with van der Waals surface area (Å²) < 4.78 is 11.1. The molecule has 22 heavy (non-hydrogen) atoms. The number of amides is 1. The third kappa shape index (κ3) is 5.10. The minimum absolute atomic E-state index is 0.0758. The SMILES string of the molecule is CCOC(=O)C1=C[C@@H](OC(CC)CC)[C@H](N)[C@@H](NC(C)=O)C1. The molecule has 3 atom stereocenters. The first kappa shape index (κ1) is 18.6. The Kier molecular flexibility index (Phi) is 7.55. The lowest BCUT2D eigenvalue weighted by atomic mass is 9.88. The highest BCUT2D eigenvalue weighted by molar-refractivity contribution is 5.89. The number of nitrogens with two attached hydrogens (primary N) is 1. The van der Waals surface area contributed by atoms with Gasteiger partial charge in [-0.2, -0.15) is 0 Å². The van der Waals surface area contributed by atoms with E-state index in [4.69, 9.17) is 15.2 Å². The van der Waals surface area contributed by atoms with Crippen molar-refractivity contribution < 1.29 is 19.1 Å². The standard InChI is InChI=1S/C16H28N2O4/c1-5-12(6-2)22-14-9-11(16(20)21-7-3)8-13(15(14)17)18-10(4)19/h9,12-15H,5-8,17H2,1-4H3,(H,18,19)/t13-,14+,15+/m0/s1. The van der Waals surface area contributed by atoms with Crippen LogP contribution in [0.4, 0.5) is 0 Å². The molecule has 0 radical (unpaired) electrons. The number of carbonyl (C=O) groups is 2. The smallest absolute Gasteiger partial charge is 0.333 e. The highest BCUT2D eigenvalue weighted by Crippen LogP contribution is 2.23. The largest absolute Gasteiger partial charge is 0.463 e. The molecule has 0 saturated heterocycles. The zero-order valence-electron chi connectivity index (χ0n) is 13.9. The lowest BCUT2D eigenvalue weighted by molar-refractivity contribution is -0.139. The molecule has 0 fully saturated rings. The van der Waals surface area contributed by atoms with Gasteiger partial charge in [0.05, 0.1) is 30.9 Å². The molecule has 0 saturated carbocycles. The van der Waals surface area contributed by atoms with Gasteiger partial charge in [0.1, 0.15) is 0 Å². The highest BCUT2D eigenvalue weighted by Gasteiger charge is 2.35. The summed E-state index contributed by atoms with van der Waals surface area (Å²) in [6.07, 6.45) is 3.52. The maximum Gasteiger partial charge on any atom is 0.333 e. The van der Waals surface area contributed by atoms with Crippen LogP contribution in [0.1, 0.15) is 47.0 Å². The predicted octanol–water partition coefficient (Wildman–Crippen LogP) is 1.29. The topological polar surface area (TPSA) is 90.7 Å². The average molecular weight is 312 g/mol. The molecule has 0 unspecified atom stereocenters. The van der Waals surface area contributed by atoms with Crippen LogP contribution in [-0.4, -0.2) is 42.8 Å². The second kappa shape index (κ2) is 8.90. The van der Waals surface area contributed by atoms with Gasteiger partial charge in [-0.3, -0.25) is 4.79 Å². The second-order valence-electron chi connectivity index (χ2n) is 5.54. The van der Waals surface area contributed by atoms with Gasteiger partial charge >= 0.3 is 5.97 Å². The van der Waals surface area contributed by atoms with Crippen LogP contribution in [0.15, 0.2) is 11.6 Å². The molecule has 3 N–H and O–H groups in total. The van der Waals surface area contributed by atoms with Crippen LogP contribution in [0.3, 0.4) is 0 Å². The molecule has 0 aromatic carbocycles. The first-order chi connectivity index (χ1) is 10.4. The number of esters is 1. The van der Waals surface area contributed by atoms with E-state index in [-0.39, 0.29) is 30.1 Å². The Morgan fingerprint density at radius 1 is 1.36 bits per heavy atom. The molecule has 0 aromatic rings. The van der Waals surface area contributed by atoms with Gasteiger partial charge in [-0.25, -0.2) is 4.79 Å². The Bertz CT molecular complexity index is 418. The van der Waals surface area contributed by atoms with E-state index in [1.807, 2.05) is 13.8 Å². The first-order valence-electron chi connectivity index (χ1n) is 7.98. The van der Waals surface area contributed by atoms with Crippen LogP contribution in [0.2, 0.25) is 0 Å². The Morgan fingerprint density at radius 3 is 2.50 bits per heavy atom. The summed E-state index contributed by atoms with van der Waals surface area (Å²) in [4.78, 5) is 23.4. The molecule has 1 amide bonds. The summed E-state index contributed by atoms with van der Waals surface area (Å²) in [5, 5.41) is 2.81. The lowest BCUT2D eigenvalue weighted by Crippen LogP contribution is -2.56. The summed E-state index contributed by atoms with van der Waals surface area (Å²) in [5.41, 5.74) is 6.74. The van der Waals surface area contributed by atoms with Gasteiger partial charge in [0.2, 0.25) is 5.91 Å². The zero-order valence-corrected chi connectivity index (χ0v) is 13.9. The van der Waals surface area contributed by atoms with Crippen molar-refractivity contribution in [2.45, 2.75) is 71.2 Å². The quantitative estimate of drug-likeness (QED) is 0.691. The van der Waals surface area contributed by atoms with Gasteiger partial charge in [0, 0.05) is 18.9 Å². The van der Waals surface area contributed by atoms with E-state index in [0.29, 0.717) is 18.6 Å². The summed E-state index contributed by atoms with van der Waals surface area (Å²) in [6, 6.07) is -0.719. The van der Waals surface area contributed by atoms with Crippen LogP contribution < -0.4 is 11.1 Å². The number of hydrogen-bond donors (Lipinski definition) is 2. The Balaban J connectivity index is 2.95. The van der Waals surface area contributed by atoms with Gasteiger partial charge in [-0.05, 0) is 25.8 Å². The molecule has 1 aliphatic rings. The monoisotopic (exact) mass is 312 g/mol. The molecule has 1 rings (SSSR count). The number of carbonyl (C=O) groups excluding carboxylic acids is 2. The van der Waals surface area contributed by atoms with E-state index in [0.717, 1.165) is 12.8 Å². The van der Waals surface area contributed by atoms with Crippen molar-refractivity contribution in [1.29, 1.82) is 0 Å². The summed E-state index contributed by atoms with van der Waals surface area (Å²) >= 11 is 0. The number of ether oxygens (including phenoxy) is 2. The first-order valence-corrected chi connectivity index (χ1v) is 7.98. The lowest BCUT2D eigenvalue weighted by Gasteiger charge is -2.36. The van der Waals surface area contributed by atoms with Crippen molar-refractivity contribution in [3.63, 3.8) is 0 Å². The minimum atomic E-state index is -0.407. The van der Waals surface area contributed by atoms with E-state index in [9.17, 15) is 9.59 Å². The van der Waals surface area contributed by atoms with Gasteiger partial charge < -0.3 is 20.5 Å². The van der Waals surface area contributed by atoms with Crippen molar-refractivity contribution in [1.82, 2.24) is 5.32 Å². The van der Waals surface area contributed by atoms with Crippen LogP contribution >= 0.6 is 0 Å². The van der Waals surface area contributed by atoms with Crippen LogP contribution in [0.5, 0.6) is 0 Å². The van der Waals surface area contributed by atoms with Crippen molar-refractivity contribution in [3.05, 3.63) is 11.6 Å². The summed E-state index contributed by atoms with van der Waals surface area (Å²) in [7, 11) is 0. The Hall–Kier alpha value is -1.40. The number of hydrogen-bond acceptors (Lipinski definition) is 5. The minimum Gasteiger partial charge on any atom is -0.463 e. The van der Waals surface area contributed by atoms with Crippen LogP contribution in [0, 0.1) is 0 Å². The summed E-state index contributed by atoms with van der Waals surface area (Å²) in [5.74, 6) is -0.547. The molecule has 0 spiro atoms. The third-order valence-corrected chi connectivity index (χ3v) is 3.84. The summed E-state index contributed by atoms with van der Waals surface area (Å²) in [6.45, 7) is 7.60. The number of nitrogens with one attached hydrogen (secondary N) is 1. The van der Waals surface area contributed by atoms with Gasteiger partial charge in [-0.1, -0.05) is 13.8 Å². The van der Waals surface area contributed by atoms with Crippen molar-refractivity contribution in [3.8, 4) is 0 Å². The fourth-order valence-corrected chi connectivity index (χ4v) is 2.60. The van der Waals surface area contributed by atoms with E-state index in [1.165, 1.54) is 6.92 Å². The van der Waals surface area contributed by atoms with E-state index < -0.39 is 6.10 Å². The average Bonchev–Trinajstić information content (AvgIpc) is 2.47. The Morgan fingerprint density at radius 2 is 2.00 bits per heavy atom. The third-order valence-electron chi connectivity index (χ3n) is 3.84. The van der Waals surface area contributed by atoms with Gasteiger partial charge in [0.15, 0.2) is 0 Å². The Labute approximate surface area is 132 Å². The maximum absolute atomic E-state index is 12.0. The molecule has 126 valence electrons. The second-order valence-corrected chi connectivity index (χ2v) is 5.54. The zero-order chi connectivity index (χ0) is 16.7. The molecule has 6 nitrogen and oxygen atoms in total. The molecule has 0 aliphatic heterocycles. The van der Waals surface area contributed by atoms with Crippen LogP contribution in [0.25, 0.3) is 0 Å². The molecular weight excluding hydrogens is 284 g/mol. The normalized spacial score (nSPS) is 24.8. The van der Waals surface area contributed by atoms with Gasteiger partial charge in [-0.15, -0.1) is 0 Å². The maximum atomic E-state index is 12.0. The van der Waals surface area contributed by atoms with Crippen LogP contribution in [-0.2, 0) is 19.1 Å². The van der Waals surface area contributed by atoms with Gasteiger partial charge in [0.25, 0.3) is 0 Å². The van der Waals surface area contributed by atoms with E-state index in [2.05, 4.69) is 5.32 Å². The predicted molar refractivity (Wildman–Crippen MR) is 84.2 cm³/mol. The van der Waals surface area contributed by atoms with E-state index in [1.54, 1.807) is 13.0 Å². The van der Waals surface area contributed by atoms with Crippen molar-refractivity contribution >= 4 is 11.9 Å². The molecule has 0 bridgehead atoms. The fourth-order valence-electron chi connectivity index (χ4n) is 2.60. The molecule has 0 heterocycles. The van der Waals surface area contributed by atoms with E-state index >= 15 is 0 Å². The van der Waals surface area contributed by atoms with Crippen molar-refractivity contribution in [2.24, 2.45) is 5.73 Å². The molecule has 6 heteroatoms. The van der Waals surface area contributed by atoms with Crippen molar-refractivity contribution in [2.75, 3.05) is 6.61 Å². The highest BCUT2D eigenvalue weighted by atomic mass is 16.5. The molecular formula is C16H28N2O4.